The zero-order valence-corrected chi connectivity index (χ0v) is 15.4. The highest BCUT2D eigenvalue weighted by Gasteiger charge is 2.35. The average molecular weight is 369 g/mol. The molecule has 2 amide bonds. The fourth-order valence-corrected chi connectivity index (χ4v) is 2.73. The number of para-hydroxylation sites is 1. The first kappa shape index (κ1) is 18.6. The Labute approximate surface area is 157 Å². The van der Waals surface area contributed by atoms with Crippen molar-refractivity contribution >= 4 is 29.0 Å². The van der Waals surface area contributed by atoms with Crippen molar-refractivity contribution in [1.29, 1.82) is 0 Å². The Kier molecular flexibility index (Phi) is 5.51. The zero-order chi connectivity index (χ0) is 19.4. The van der Waals surface area contributed by atoms with E-state index in [1.165, 1.54) is 5.01 Å². The number of anilines is 2. The first-order chi connectivity index (χ1) is 12.9. The Balaban J connectivity index is 1.70. The van der Waals surface area contributed by atoms with Crippen LogP contribution in [0, 0.1) is 0 Å². The minimum atomic E-state index is -0.689. The fraction of sp³-hybridized carbons (Fsp3) is 0.333. The van der Waals surface area contributed by atoms with Crippen molar-refractivity contribution in [2.45, 2.75) is 19.0 Å². The van der Waals surface area contributed by atoms with E-state index in [0.29, 0.717) is 11.5 Å². The van der Waals surface area contributed by atoms with Gasteiger partial charge in [0.05, 0.1) is 12.2 Å². The molecule has 1 aliphatic rings. The molecule has 0 spiro atoms. The Morgan fingerprint density at radius 3 is 2.67 bits per heavy atom. The van der Waals surface area contributed by atoms with Gasteiger partial charge >= 0.3 is 0 Å². The lowest BCUT2D eigenvalue weighted by Crippen LogP contribution is -2.39. The molecule has 9 heteroatoms. The third kappa shape index (κ3) is 4.50. The van der Waals surface area contributed by atoms with Crippen LogP contribution in [0.5, 0.6) is 0 Å². The molecule has 3 rings (SSSR count). The molecule has 1 aromatic carbocycles. The molecule has 0 saturated heterocycles. The van der Waals surface area contributed by atoms with Crippen LogP contribution in [0.25, 0.3) is 0 Å². The van der Waals surface area contributed by atoms with E-state index in [0.717, 1.165) is 13.1 Å². The molecule has 3 N–H and O–H groups in total. The normalized spacial score (nSPS) is 16.5. The summed E-state index contributed by atoms with van der Waals surface area (Å²) in [5, 5.41) is 12.9. The van der Waals surface area contributed by atoms with Gasteiger partial charge in [0.1, 0.15) is 11.8 Å². The SMILES string of the molecule is CN(C)CCn1ccc(NC(=O)C2=NN(c3ccccc3)C(C(N)=O)C2)n1. The molecule has 1 aliphatic heterocycles. The third-order valence-electron chi connectivity index (χ3n) is 4.18. The summed E-state index contributed by atoms with van der Waals surface area (Å²) >= 11 is 0. The number of likely N-dealkylation sites (N-methyl/N-ethyl adjacent to an activating group) is 1. The minimum Gasteiger partial charge on any atom is -0.368 e. The van der Waals surface area contributed by atoms with Crippen LogP contribution in [0.2, 0.25) is 0 Å². The van der Waals surface area contributed by atoms with Gasteiger partial charge in [-0.25, -0.2) is 0 Å². The number of hydrogen-bond acceptors (Lipinski definition) is 6. The first-order valence-electron chi connectivity index (χ1n) is 8.64. The minimum absolute atomic E-state index is 0.150. The number of nitrogens with zero attached hydrogens (tertiary/aromatic N) is 5. The van der Waals surface area contributed by atoms with Crippen molar-refractivity contribution in [3.8, 4) is 0 Å². The number of rotatable bonds is 7. The number of hydrazone groups is 1. The predicted octanol–water partition coefficient (Wildman–Crippen LogP) is 0.503. The summed E-state index contributed by atoms with van der Waals surface area (Å²) < 4.78 is 1.76. The van der Waals surface area contributed by atoms with Crippen molar-refractivity contribution < 1.29 is 9.59 Å². The molecule has 0 fully saturated rings. The van der Waals surface area contributed by atoms with Gasteiger partial charge in [-0.1, -0.05) is 18.2 Å². The lowest BCUT2D eigenvalue weighted by Gasteiger charge is -2.20. The second-order valence-corrected chi connectivity index (χ2v) is 6.57. The van der Waals surface area contributed by atoms with Crippen molar-refractivity contribution in [3.63, 3.8) is 0 Å². The molecule has 142 valence electrons. The number of nitrogens with two attached hydrogens (primary N) is 1. The third-order valence-corrected chi connectivity index (χ3v) is 4.18. The average Bonchev–Trinajstić information content (AvgIpc) is 3.28. The molecule has 2 heterocycles. The fourth-order valence-electron chi connectivity index (χ4n) is 2.73. The van der Waals surface area contributed by atoms with Crippen LogP contribution >= 0.6 is 0 Å². The van der Waals surface area contributed by atoms with Crippen molar-refractivity contribution in [2.75, 3.05) is 31.0 Å². The van der Waals surface area contributed by atoms with E-state index in [-0.39, 0.29) is 12.1 Å². The van der Waals surface area contributed by atoms with Gasteiger partial charge in [0.25, 0.3) is 5.91 Å². The Bertz CT molecular complexity index is 844. The number of carbonyl (C=O) groups is 2. The molecular formula is C18H23N7O2. The molecule has 0 radical (unpaired) electrons. The van der Waals surface area contributed by atoms with Crippen molar-refractivity contribution in [2.24, 2.45) is 10.8 Å². The predicted molar refractivity (Wildman–Crippen MR) is 103 cm³/mol. The second-order valence-electron chi connectivity index (χ2n) is 6.57. The Morgan fingerprint density at radius 1 is 1.26 bits per heavy atom. The van der Waals surface area contributed by atoms with Gasteiger partial charge in [0, 0.05) is 25.2 Å². The van der Waals surface area contributed by atoms with Gasteiger partial charge in [0.2, 0.25) is 5.91 Å². The van der Waals surface area contributed by atoms with Gasteiger partial charge in [0.15, 0.2) is 5.82 Å². The number of aromatic nitrogens is 2. The van der Waals surface area contributed by atoms with Crippen molar-refractivity contribution in [3.05, 3.63) is 42.6 Å². The monoisotopic (exact) mass is 369 g/mol. The second kappa shape index (κ2) is 8.00. The van der Waals surface area contributed by atoms with Crippen LogP contribution in [0.15, 0.2) is 47.7 Å². The molecular weight excluding hydrogens is 346 g/mol. The maximum atomic E-state index is 12.6. The van der Waals surface area contributed by atoms with Gasteiger partial charge < -0.3 is 16.0 Å². The van der Waals surface area contributed by atoms with E-state index in [9.17, 15) is 9.59 Å². The van der Waals surface area contributed by atoms with E-state index < -0.39 is 17.9 Å². The quantitative estimate of drug-likeness (QED) is 0.739. The Morgan fingerprint density at radius 2 is 2.00 bits per heavy atom. The van der Waals surface area contributed by atoms with Crippen LogP contribution in [0.1, 0.15) is 6.42 Å². The number of hydrogen-bond donors (Lipinski definition) is 2. The van der Waals surface area contributed by atoms with Crippen LogP contribution in [-0.4, -0.2) is 58.9 Å². The molecule has 1 atom stereocenters. The summed E-state index contributed by atoms with van der Waals surface area (Å²) in [6, 6.07) is 10.2. The van der Waals surface area contributed by atoms with E-state index in [1.807, 2.05) is 44.4 Å². The number of carbonyl (C=O) groups excluding carboxylic acids is 2. The smallest absolute Gasteiger partial charge is 0.273 e. The molecule has 1 unspecified atom stereocenters. The summed E-state index contributed by atoms with van der Waals surface area (Å²) in [5.41, 5.74) is 6.44. The topological polar surface area (TPSA) is 109 Å². The molecule has 27 heavy (non-hydrogen) atoms. The summed E-state index contributed by atoms with van der Waals surface area (Å²) in [5.74, 6) is -0.480. The number of primary amides is 1. The summed E-state index contributed by atoms with van der Waals surface area (Å²) in [6.45, 7) is 1.56. The van der Waals surface area contributed by atoms with E-state index in [1.54, 1.807) is 16.9 Å². The maximum absolute atomic E-state index is 12.6. The lowest BCUT2D eigenvalue weighted by molar-refractivity contribution is -0.119. The molecule has 9 nitrogen and oxygen atoms in total. The summed E-state index contributed by atoms with van der Waals surface area (Å²) in [6.07, 6.45) is 1.95. The van der Waals surface area contributed by atoms with Crippen LogP contribution in [0.4, 0.5) is 11.5 Å². The molecule has 2 aromatic rings. The van der Waals surface area contributed by atoms with E-state index in [2.05, 4.69) is 20.4 Å². The highest BCUT2D eigenvalue weighted by Crippen LogP contribution is 2.24. The Hall–Kier alpha value is -3.20. The lowest BCUT2D eigenvalue weighted by atomic mass is 10.1. The molecule has 0 bridgehead atoms. The van der Waals surface area contributed by atoms with Gasteiger partial charge in [-0.05, 0) is 26.2 Å². The van der Waals surface area contributed by atoms with Gasteiger partial charge in [-0.15, -0.1) is 0 Å². The maximum Gasteiger partial charge on any atom is 0.273 e. The van der Waals surface area contributed by atoms with E-state index >= 15 is 0 Å². The highest BCUT2D eigenvalue weighted by atomic mass is 16.2. The van der Waals surface area contributed by atoms with Gasteiger partial charge in [-0.2, -0.15) is 10.2 Å². The van der Waals surface area contributed by atoms with Gasteiger partial charge in [-0.3, -0.25) is 19.3 Å². The molecule has 1 aromatic heterocycles. The zero-order valence-electron chi connectivity index (χ0n) is 15.4. The van der Waals surface area contributed by atoms with Crippen molar-refractivity contribution in [1.82, 2.24) is 14.7 Å². The van der Waals surface area contributed by atoms with Crippen LogP contribution < -0.4 is 16.1 Å². The summed E-state index contributed by atoms with van der Waals surface area (Å²) in [4.78, 5) is 26.4. The number of amides is 2. The molecule has 0 aliphatic carbocycles. The molecule has 0 saturated carbocycles. The van der Waals surface area contributed by atoms with Crippen LogP contribution in [0.3, 0.4) is 0 Å². The number of nitrogens with one attached hydrogen (secondary N) is 1. The highest BCUT2D eigenvalue weighted by molar-refractivity contribution is 6.44. The van der Waals surface area contributed by atoms with E-state index in [4.69, 9.17) is 5.73 Å². The van der Waals surface area contributed by atoms with Crippen LogP contribution in [-0.2, 0) is 16.1 Å². The number of benzene rings is 1. The largest absolute Gasteiger partial charge is 0.368 e. The first-order valence-corrected chi connectivity index (χ1v) is 8.64. The standard InChI is InChI=1S/C18H23N7O2/c1-23(2)10-11-24-9-8-16(22-24)20-18(27)14-12-15(17(19)26)25(21-14)13-6-4-3-5-7-13/h3-9,15H,10-12H2,1-2H3,(H2,19,26)(H,20,22,27). The summed E-state index contributed by atoms with van der Waals surface area (Å²) in [7, 11) is 3.97.